The zero-order valence-corrected chi connectivity index (χ0v) is 12.1. The largest absolute Gasteiger partial charge is 0.481 e. The molecule has 0 aromatic heterocycles. The number of rotatable bonds is 5. The van der Waals surface area contributed by atoms with E-state index in [1.807, 2.05) is 6.92 Å². The molecular weight excluding hydrogens is 280 g/mol. The third kappa shape index (κ3) is 3.50. The highest BCUT2D eigenvalue weighted by molar-refractivity contribution is 5.74. The Labute approximate surface area is 122 Å². The lowest BCUT2D eigenvalue weighted by atomic mass is 9.90. The summed E-state index contributed by atoms with van der Waals surface area (Å²) >= 11 is 0. The maximum atomic E-state index is 12.1. The molecule has 0 amide bonds. The lowest BCUT2D eigenvalue weighted by molar-refractivity contribution is -0.147. The number of hydrogen-bond acceptors (Lipinski definition) is 3. The summed E-state index contributed by atoms with van der Waals surface area (Å²) < 4.78 is 28.5. The van der Waals surface area contributed by atoms with E-state index in [0.29, 0.717) is 19.5 Å². The van der Waals surface area contributed by atoms with Crippen LogP contribution < -0.4 is 4.74 Å². The van der Waals surface area contributed by atoms with E-state index in [2.05, 4.69) is 9.64 Å². The van der Waals surface area contributed by atoms with Gasteiger partial charge < -0.3 is 9.84 Å². The second kappa shape index (κ2) is 5.97. The van der Waals surface area contributed by atoms with E-state index in [9.17, 15) is 18.7 Å². The maximum Gasteiger partial charge on any atom is 0.387 e. The molecule has 0 aliphatic carbocycles. The third-order valence-electron chi connectivity index (χ3n) is 4.15. The lowest BCUT2D eigenvalue weighted by Gasteiger charge is -2.26. The average molecular weight is 299 g/mol. The van der Waals surface area contributed by atoms with Gasteiger partial charge in [-0.2, -0.15) is 8.78 Å². The van der Waals surface area contributed by atoms with Gasteiger partial charge in [-0.15, -0.1) is 0 Å². The molecule has 1 aromatic rings. The Hall–Kier alpha value is -1.69. The van der Waals surface area contributed by atoms with Gasteiger partial charge in [-0.05, 0) is 44.5 Å². The number of hydrogen-bond donors (Lipinski definition) is 1. The Bertz CT molecular complexity index is 506. The van der Waals surface area contributed by atoms with Crippen LogP contribution in [-0.4, -0.2) is 35.7 Å². The highest BCUT2D eigenvalue weighted by Crippen LogP contribution is 2.35. The summed E-state index contributed by atoms with van der Waals surface area (Å²) in [6, 6.07) is 6.51. The van der Waals surface area contributed by atoms with Crippen molar-refractivity contribution < 1.29 is 23.4 Å². The van der Waals surface area contributed by atoms with Crippen molar-refractivity contribution >= 4 is 5.97 Å². The number of aliphatic carboxylic acids is 1. The van der Waals surface area contributed by atoms with Gasteiger partial charge in [-0.25, -0.2) is 0 Å². The van der Waals surface area contributed by atoms with E-state index in [1.54, 1.807) is 19.1 Å². The van der Waals surface area contributed by atoms with Crippen LogP contribution in [0, 0.1) is 5.41 Å². The van der Waals surface area contributed by atoms with Gasteiger partial charge in [0.1, 0.15) is 5.75 Å². The first-order valence-electron chi connectivity index (χ1n) is 6.84. The van der Waals surface area contributed by atoms with Crippen LogP contribution in [0.3, 0.4) is 0 Å². The first-order valence-corrected chi connectivity index (χ1v) is 6.84. The molecule has 1 N–H and O–H groups in total. The maximum absolute atomic E-state index is 12.1. The summed E-state index contributed by atoms with van der Waals surface area (Å²) in [6.07, 6.45) is 0.610. The Kier molecular flexibility index (Phi) is 4.46. The fourth-order valence-corrected chi connectivity index (χ4v) is 2.64. The van der Waals surface area contributed by atoms with E-state index >= 15 is 0 Å². The van der Waals surface area contributed by atoms with Crippen LogP contribution in [0.5, 0.6) is 5.75 Å². The van der Waals surface area contributed by atoms with Crippen LogP contribution in [0.2, 0.25) is 0 Å². The smallest absolute Gasteiger partial charge is 0.387 e. The van der Waals surface area contributed by atoms with E-state index < -0.39 is 18.0 Å². The van der Waals surface area contributed by atoms with E-state index in [4.69, 9.17) is 0 Å². The zero-order chi connectivity index (χ0) is 15.6. The fourth-order valence-electron chi connectivity index (χ4n) is 2.64. The van der Waals surface area contributed by atoms with Crippen molar-refractivity contribution in [1.29, 1.82) is 0 Å². The summed E-state index contributed by atoms with van der Waals surface area (Å²) in [4.78, 5) is 13.4. The van der Waals surface area contributed by atoms with Crippen molar-refractivity contribution in [2.24, 2.45) is 5.41 Å². The van der Waals surface area contributed by atoms with E-state index in [0.717, 1.165) is 5.56 Å². The number of likely N-dealkylation sites (tertiary alicyclic amines) is 1. The summed E-state index contributed by atoms with van der Waals surface area (Å²) in [6.45, 7) is 2.10. The van der Waals surface area contributed by atoms with Crippen molar-refractivity contribution in [3.8, 4) is 5.75 Å². The van der Waals surface area contributed by atoms with Crippen LogP contribution in [0.25, 0.3) is 0 Å². The lowest BCUT2D eigenvalue weighted by Crippen LogP contribution is -2.32. The molecule has 2 unspecified atom stereocenters. The van der Waals surface area contributed by atoms with Gasteiger partial charge in [0.15, 0.2) is 0 Å². The predicted octanol–water partition coefficient (Wildman–Crippen LogP) is 3.15. The minimum Gasteiger partial charge on any atom is -0.481 e. The van der Waals surface area contributed by atoms with Crippen LogP contribution in [0.1, 0.15) is 31.9 Å². The van der Waals surface area contributed by atoms with Gasteiger partial charge in [-0.3, -0.25) is 9.69 Å². The van der Waals surface area contributed by atoms with E-state index in [1.165, 1.54) is 12.1 Å². The number of ether oxygens (including phenoxy) is 1. The minimum absolute atomic E-state index is 0.0341. The first kappa shape index (κ1) is 15.7. The Morgan fingerprint density at radius 2 is 2.00 bits per heavy atom. The van der Waals surface area contributed by atoms with Crippen molar-refractivity contribution in [3.05, 3.63) is 29.8 Å². The topological polar surface area (TPSA) is 49.8 Å². The summed E-state index contributed by atoms with van der Waals surface area (Å²) in [5.74, 6) is -0.657. The van der Waals surface area contributed by atoms with Crippen molar-refractivity contribution in [2.75, 3.05) is 13.1 Å². The Morgan fingerprint density at radius 3 is 2.48 bits per heavy atom. The zero-order valence-electron chi connectivity index (χ0n) is 12.1. The summed E-state index contributed by atoms with van der Waals surface area (Å²) in [5.41, 5.74) is 0.235. The molecule has 0 saturated carbocycles. The Balaban J connectivity index is 2.04. The van der Waals surface area contributed by atoms with Crippen molar-refractivity contribution in [2.45, 2.75) is 32.9 Å². The third-order valence-corrected chi connectivity index (χ3v) is 4.15. The van der Waals surface area contributed by atoms with Gasteiger partial charge in [0.05, 0.1) is 5.41 Å². The number of alkyl halides is 2. The predicted molar refractivity (Wildman–Crippen MR) is 73.4 cm³/mol. The van der Waals surface area contributed by atoms with E-state index in [-0.39, 0.29) is 11.8 Å². The molecule has 1 heterocycles. The second-order valence-electron chi connectivity index (χ2n) is 5.71. The molecule has 0 bridgehead atoms. The van der Waals surface area contributed by atoms with Gasteiger partial charge >= 0.3 is 12.6 Å². The standard InChI is InChI=1S/C15H19F2NO3/c1-10(18-8-7-15(2,9-18)13(19)20)11-3-5-12(6-4-11)21-14(16)17/h3-6,10,14H,7-9H2,1-2H3,(H,19,20). The number of carbonyl (C=O) groups is 1. The number of halogens is 2. The van der Waals surface area contributed by atoms with Gasteiger partial charge in [0.25, 0.3) is 0 Å². The second-order valence-corrected chi connectivity index (χ2v) is 5.71. The molecule has 0 spiro atoms. The van der Waals surface area contributed by atoms with Crippen LogP contribution in [-0.2, 0) is 4.79 Å². The van der Waals surface area contributed by atoms with Gasteiger partial charge in [-0.1, -0.05) is 12.1 Å². The molecule has 2 atom stereocenters. The molecule has 6 heteroatoms. The average Bonchev–Trinajstić information content (AvgIpc) is 2.82. The number of carboxylic acid groups (broad SMARTS) is 1. The van der Waals surface area contributed by atoms with Crippen LogP contribution >= 0.6 is 0 Å². The number of benzene rings is 1. The molecule has 4 nitrogen and oxygen atoms in total. The number of carboxylic acids is 1. The molecule has 1 aliphatic heterocycles. The highest BCUT2D eigenvalue weighted by Gasteiger charge is 2.41. The molecule has 0 radical (unpaired) electrons. The van der Waals surface area contributed by atoms with Gasteiger partial charge in [0.2, 0.25) is 0 Å². The van der Waals surface area contributed by atoms with Crippen LogP contribution in [0.15, 0.2) is 24.3 Å². The minimum atomic E-state index is -2.83. The number of nitrogens with zero attached hydrogens (tertiary/aromatic N) is 1. The molecule has 1 aliphatic rings. The molecule has 1 saturated heterocycles. The van der Waals surface area contributed by atoms with Crippen molar-refractivity contribution in [1.82, 2.24) is 4.90 Å². The molecular formula is C15H19F2NO3. The Morgan fingerprint density at radius 1 is 1.38 bits per heavy atom. The SMILES string of the molecule is CC(c1ccc(OC(F)F)cc1)N1CCC(C)(C(=O)O)C1. The molecule has 1 fully saturated rings. The fraction of sp³-hybridized carbons (Fsp3) is 0.533. The monoisotopic (exact) mass is 299 g/mol. The van der Waals surface area contributed by atoms with Gasteiger partial charge in [0, 0.05) is 12.6 Å². The molecule has 2 rings (SSSR count). The quantitative estimate of drug-likeness (QED) is 0.907. The molecule has 1 aromatic carbocycles. The summed E-state index contributed by atoms with van der Waals surface area (Å²) in [5, 5.41) is 9.25. The van der Waals surface area contributed by atoms with Crippen LogP contribution in [0.4, 0.5) is 8.78 Å². The van der Waals surface area contributed by atoms with Crippen molar-refractivity contribution in [3.63, 3.8) is 0 Å². The first-order chi connectivity index (χ1) is 9.82. The summed E-state index contributed by atoms with van der Waals surface area (Å²) in [7, 11) is 0. The normalized spacial score (nSPS) is 24.2. The highest BCUT2D eigenvalue weighted by atomic mass is 19.3. The molecule has 116 valence electrons. The molecule has 21 heavy (non-hydrogen) atoms.